The van der Waals surface area contributed by atoms with E-state index in [0.29, 0.717) is 10.0 Å². The average molecular weight is 359 g/mol. The number of rotatable bonds is 6. The first-order valence-electron chi connectivity index (χ1n) is 7.01. The van der Waals surface area contributed by atoms with Crippen molar-refractivity contribution in [2.75, 3.05) is 22.7 Å². The molecule has 0 saturated heterocycles. The molecule has 22 heavy (non-hydrogen) atoms. The lowest BCUT2D eigenvalue weighted by Crippen LogP contribution is -2.22. The fourth-order valence-electron chi connectivity index (χ4n) is 2.18. The number of sulfonamides is 1. The Hall–Kier alpha value is -1.24. The Bertz CT molecular complexity index is 753. The van der Waals surface area contributed by atoms with Gasteiger partial charge in [0.25, 0.3) is 10.0 Å². The van der Waals surface area contributed by atoms with E-state index in [-0.39, 0.29) is 4.21 Å². The summed E-state index contributed by atoms with van der Waals surface area (Å²) >= 11 is 6.85. The van der Waals surface area contributed by atoms with E-state index in [0.717, 1.165) is 35.7 Å². The molecule has 120 valence electrons. The molecule has 0 atom stereocenters. The first-order chi connectivity index (χ1) is 10.4. The molecule has 2 rings (SSSR count). The Morgan fingerprint density at radius 1 is 1.18 bits per heavy atom. The largest absolute Gasteiger partial charge is 0.372 e. The molecule has 0 spiro atoms. The molecular weight excluding hydrogens is 340 g/mol. The van der Waals surface area contributed by atoms with E-state index in [4.69, 9.17) is 11.6 Å². The van der Waals surface area contributed by atoms with E-state index in [2.05, 4.69) is 23.5 Å². The summed E-state index contributed by atoms with van der Waals surface area (Å²) < 4.78 is 27.9. The molecule has 0 radical (unpaired) electrons. The smallest absolute Gasteiger partial charge is 0.271 e. The molecule has 7 heteroatoms. The van der Waals surface area contributed by atoms with Crippen LogP contribution in [-0.4, -0.2) is 21.5 Å². The Balaban J connectivity index is 2.27. The molecular formula is C15H19ClN2O2S2. The summed E-state index contributed by atoms with van der Waals surface area (Å²) in [7, 11) is -3.59. The number of benzene rings is 1. The lowest BCUT2D eigenvalue weighted by atomic mass is 10.1. The van der Waals surface area contributed by atoms with Crippen LogP contribution < -0.4 is 9.62 Å². The van der Waals surface area contributed by atoms with Gasteiger partial charge in [0.05, 0.1) is 10.0 Å². The summed E-state index contributed by atoms with van der Waals surface area (Å²) in [6, 6.07) is 8.81. The van der Waals surface area contributed by atoms with E-state index in [9.17, 15) is 8.42 Å². The molecule has 0 bridgehead atoms. The zero-order chi connectivity index (χ0) is 16.3. The van der Waals surface area contributed by atoms with Crippen LogP contribution in [0.5, 0.6) is 0 Å². The molecule has 1 aromatic carbocycles. The zero-order valence-electron chi connectivity index (χ0n) is 12.8. The highest BCUT2D eigenvalue weighted by Crippen LogP contribution is 2.29. The number of halogens is 1. The summed E-state index contributed by atoms with van der Waals surface area (Å²) in [6.45, 7) is 7.90. The molecule has 4 nitrogen and oxygen atoms in total. The van der Waals surface area contributed by atoms with Crippen LogP contribution in [0, 0.1) is 6.92 Å². The van der Waals surface area contributed by atoms with Gasteiger partial charge in [0.15, 0.2) is 0 Å². The minimum atomic E-state index is -3.59. The molecule has 0 aliphatic rings. The first kappa shape index (κ1) is 17.1. The second-order valence-electron chi connectivity index (χ2n) is 4.84. The van der Waals surface area contributed by atoms with Crippen LogP contribution >= 0.6 is 22.9 Å². The van der Waals surface area contributed by atoms with Crippen LogP contribution in [0.25, 0.3) is 0 Å². The van der Waals surface area contributed by atoms with Gasteiger partial charge in [0.2, 0.25) is 0 Å². The third-order valence-electron chi connectivity index (χ3n) is 3.40. The summed E-state index contributed by atoms with van der Waals surface area (Å²) in [5.74, 6) is 0. The fraction of sp³-hybridized carbons (Fsp3) is 0.333. The highest BCUT2D eigenvalue weighted by Gasteiger charge is 2.18. The maximum Gasteiger partial charge on any atom is 0.271 e. The van der Waals surface area contributed by atoms with Crippen molar-refractivity contribution in [1.82, 2.24) is 0 Å². The van der Waals surface area contributed by atoms with E-state index in [1.54, 1.807) is 12.1 Å². The Labute approximate surface area is 140 Å². The number of thiophene rings is 1. The predicted molar refractivity (Wildman–Crippen MR) is 94.9 cm³/mol. The molecule has 0 amide bonds. The highest BCUT2D eigenvalue weighted by atomic mass is 35.5. The standard InChI is InChI=1S/C15H19ClN2O2S2/c1-4-18(5-2)12-6-7-13(11(3)10-12)17-22(19,20)15-9-8-14(16)21-15/h6-10,17H,4-5H2,1-3H3. The third kappa shape index (κ3) is 3.74. The van der Waals surface area contributed by atoms with Crippen LogP contribution in [-0.2, 0) is 10.0 Å². The van der Waals surface area contributed by atoms with Gasteiger partial charge >= 0.3 is 0 Å². The van der Waals surface area contributed by atoms with E-state index < -0.39 is 10.0 Å². The number of hydrogen-bond acceptors (Lipinski definition) is 4. The minimum Gasteiger partial charge on any atom is -0.372 e. The van der Waals surface area contributed by atoms with Crippen LogP contribution in [0.15, 0.2) is 34.5 Å². The van der Waals surface area contributed by atoms with Crippen molar-refractivity contribution in [3.8, 4) is 0 Å². The van der Waals surface area contributed by atoms with Crippen molar-refractivity contribution >= 4 is 44.3 Å². The van der Waals surface area contributed by atoms with Crippen LogP contribution in [0.4, 0.5) is 11.4 Å². The number of anilines is 2. The van der Waals surface area contributed by atoms with Crippen molar-refractivity contribution in [3.05, 3.63) is 40.2 Å². The average Bonchev–Trinajstić information content (AvgIpc) is 2.90. The second kappa shape index (κ2) is 6.89. The van der Waals surface area contributed by atoms with Crippen LogP contribution in [0.3, 0.4) is 0 Å². The van der Waals surface area contributed by atoms with Gasteiger partial charge in [0, 0.05) is 18.8 Å². The Morgan fingerprint density at radius 2 is 1.86 bits per heavy atom. The molecule has 1 heterocycles. The third-order valence-corrected chi connectivity index (χ3v) is 6.48. The quantitative estimate of drug-likeness (QED) is 0.834. The SMILES string of the molecule is CCN(CC)c1ccc(NS(=O)(=O)c2ccc(Cl)s2)c(C)c1. The van der Waals surface area contributed by atoms with Crippen LogP contribution in [0.1, 0.15) is 19.4 Å². The maximum absolute atomic E-state index is 12.3. The molecule has 0 unspecified atom stereocenters. The molecule has 0 fully saturated rings. The summed E-state index contributed by atoms with van der Waals surface area (Å²) in [6.07, 6.45) is 0. The molecule has 2 aromatic rings. The topological polar surface area (TPSA) is 49.4 Å². The van der Waals surface area contributed by atoms with E-state index >= 15 is 0 Å². The number of aryl methyl sites for hydroxylation is 1. The predicted octanol–water partition coefficient (Wildman–Crippen LogP) is 4.36. The second-order valence-corrected chi connectivity index (χ2v) is 8.46. The zero-order valence-corrected chi connectivity index (χ0v) is 15.1. The van der Waals surface area contributed by atoms with Gasteiger partial charge in [-0.3, -0.25) is 4.72 Å². The minimum absolute atomic E-state index is 0.213. The van der Waals surface area contributed by atoms with Crippen molar-refractivity contribution in [2.24, 2.45) is 0 Å². The van der Waals surface area contributed by atoms with Gasteiger partial charge in [-0.2, -0.15) is 0 Å². The molecule has 0 saturated carbocycles. The summed E-state index contributed by atoms with van der Waals surface area (Å²) in [5.41, 5.74) is 2.56. The van der Waals surface area contributed by atoms with Gasteiger partial charge < -0.3 is 4.90 Å². The molecule has 1 N–H and O–H groups in total. The van der Waals surface area contributed by atoms with Gasteiger partial charge in [0.1, 0.15) is 4.21 Å². The van der Waals surface area contributed by atoms with E-state index in [1.165, 1.54) is 6.07 Å². The maximum atomic E-state index is 12.3. The lowest BCUT2D eigenvalue weighted by Gasteiger charge is -2.22. The van der Waals surface area contributed by atoms with Crippen molar-refractivity contribution in [2.45, 2.75) is 25.0 Å². The number of hydrogen-bond donors (Lipinski definition) is 1. The molecule has 0 aliphatic carbocycles. The molecule has 1 aromatic heterocycles. The molecule has 0 aliphatic heterocycles. The van der Waals surface area contributed by atoms with Gasteiger partial charge in [-0.05, 0) is 56.7 Å². The fourth-order valence-corrected chi connectivity index (χ4v) is 4.80. The summed E-state index contributed by atoms with van der Waals surface area (Å²) in [4.78, 5) is 2.21. The first-order valence-corrected chi connectivity index (χ1v) is 9.69. The van der Waals surface area contributed by atoms with Gasteiger partial charge in [-0.1, -0.05) is 11.6 Å². The van der Waals surface area contributed by atoms with Gasteiger partial charge in [-0.15, -0.1) is 11.3 Å². The highest BCUT2D eigenvalue weighted by molar-refractivity contribution is 7.94. The monoisotopic (exact) mass is 358 g/mol. The number of nitrogens with zero attached hydrogens (tertiary/aromatic N) is 1. The van der Waals surface area contributed by atoms with Crippen LogP contribution in [0.2, 0.25) is 4.34 Å². The summed E-state index contributed by atoms with van der Waals surface area (Å²) in [5, 5.41) is 0. The van der Waals surface area contributed by atoms with Crippen molar-refractivity contribution < 1.29 is 8.42 Å². The van der Waals surface area contributed by atoms with Gasteiger partial charge in [-0.25, -0.2) is 8.42 Å². The normalized spacial score (nSPS) is 11.5. The van der Waals surface area contributed by atoms with E-state index in [1.807, 2.05) is 19.1 Å². The van der Waals surface area contributed by atoms with Crippen molar-refractivity contribution in [3.63, 3.8) is 0 Å². The van der Waals surface area contributed by atoms with Crippen molar-refractivity contribution in [1.29, 1.82) is 0 Å². The Morgan fingerprint density at radius 3 is 2.36 bits per heavy atom. The number of nitrogens with one attached hydrogen (secondary N) is 1. The lowest BCUT2D eigenvalue weighted by molar-refractivity contribution is 0.603. The Kier molecular flexibility index (Phi) is 5.36.